The molecule has 0 unspecified atom stereocenters. The van der Waals surface area contributed by atoms with Crippen LogP contribution in [0, 0.1) is 0 Å². The van der Waals surface area contributed by atoms with Gasteiger partial charge in [0.25, 0.3) is 0 Å². The molecule has 0 saturated carbocycles. The molecule has 2 rings (SSSR count). The molecule has 0 aliphatic carbocycles. The highest BCUT2D eigenvalue weighted by Gasteiger charge is 2.15. The standard InChI is InChI=1S/C8H6OS2/c9-8-4-3-7(11-8)6-2-1-5-10-6/h1-3,5H,4H2. The van der Waals surface area contributed by atoms with E-state index in [1.165, 1.54) is 16.6 Å². The third kappa shape index (κ3) is 1.39. The molecule has 0 saturated heterocycles. The molecule has 11 heavy (non-hydrogen) atoms. The van der Waals surface area contributed by atoms with Crippen molar-refractivity contribution in [2.45, 2.75) is 6.42 Å². The van der Waals surface area contributed by atoms with Gasteiger partial charge in [-0.2, -0.15) is 0 Å². The highest BCUT2D eigenvalue weighted by molar-refractivity contribution is 8.22. The lowest BCUT2D eigenvalue weighted by atomic mass is 10.3. The predicted octanol–water partition coefficient (Wildman–Crippen LogP) is 2.75. The second-order valence-electron chi connectivity index (χ2n) is 2.22. The molecule has 56 valence electrons. The molecule has 3 heteroatoms. The Balaban J connectivity index is 2.26. The third-order valence-corrected chi connectivity index (χ3v) is 3.48. The second kappa shape index (κ2) is 2.83. The highest BCUT2D eigenvalue weighted by atomic mass is 32.2. The van der Waals surface area contributed by atoms with Crippen molar-refractivity contribution in [1.29, 1.82) is 0 Å². The van der Waals surface area contributed by atoms with Crippen LogP contribution in [0.15, 0.2) is 23.6 Å². The molecular formula is C8H6OS2. The minimum absolute atomic E-state index is 0.258. The predicted molar refractivity (Wildman–Crippen MR) is 49.5 cm³/mol. The summed E-state index contributed by atoms with van der Waals surface area (Å²) in [5.41, 5.74) is 0. The summed E-state index contributed by atoms with van der Waals surface area (Å²) in [4.78, 5) is 13.2. The lowest BCUT2D eigenvalue weighted by molar-refractivity contribution is -0.110. The van der Waals surface area contributed by atoms with Crippen molar-refractivity contribution in [2.75, 3.05) is 0 Å². The molecule has 0 fully saturated rings. The first-order valence-corrected chi connectivity index (χ1v) is 5.00. The number of allylic oxidation sites excluding steroid dienone is 1. The maximum atomic E-state index is 10.9. The van der Waals surface area contributed by atoms with Crippen molar-refractivity contribution in [3.8, 4) is 0 Å². The van der Waals surface area contributed by atoms with Crippen LogP contribution in [0.2, 0.25) is 0 Å². The Kier molecular flexibility index (Phi) is 1.84. The second-order valence-corrected chi connectivity index (χ2v) is 4.27. The van der Waals surface area contributed by atoms with Gasteiger partial charge in [0.1, 0.15) is 0 Å². The minimum Gasteiger partial charge on any atom is -0.286 e. The Hall–Kier alpha value is -0.540. The summed E-state index contributed by atoms with van der Waals surface area (Å²) in [7, 11) is 0. The van der Waals surface area contributed by atoms with Crippen LogP contribution >= 0.6 is 23.1 Å². The average molecular weight is 182 g/mol. The fourth-order valence-corrected chi connectivity index (χ4v) is 2.63. The number of carbonyl (C=O) groups excluding carboxylic acids is 1. The van der Waals surface area contributed by atoms with E-state index in [-0.39, 0.29) is 5.12 Å². The molecule has 0 spiro atoms. The molecule has 0 N–H and O–H groups in total. The Bertz CT molecular complexity index is 298. The maximum Gasteiger partial charge on any atom is 0.197 e. The van der Waals surface area contributed by atoms with Crippen LogP contribution in [0.5, 0.6) is 0 Å². The Morgan fingerprint density at radius 3 is 2.91 bits per heavy atom. The molecule has 0 aromatic carbocycles. The van der Waals surface area contributed by atoms with Crippen LogP contribution in [0.1, 0.15) is 11.3 Å². The molecule has 0 radical (unpaired) electrons. The number of thioether (sulfide) groups is 1. The van der Waals surface area contributed by atoms with Crippen molar-refractivity contribution in [3.63, 3.8) is 0 Å². The van der Waals surface area contributed by atoms with Crippen LogP contribution in [0.25, 0.3) is 4.91 Å². The van der Waals surface area contributed by atoms with Gasteiger partial charge in [0, 0.05) is 16.2 Å². The lowest BCUT2D eigenvalue weighted by Crippen LogP contribution is -1.77. The molecule has 0 bridgehead atoms. The summed E-state index contributed by atoms with van der Waals surface area (Å²) in [5, 5.41) is 2.29. The number of hydrogen-bond donors (Lipinski definition) is 0. The van der Waals surface area contributed by atoms with Gasteiger partial charge in [0.05, 0.1) is 0 Å². The molecule has 1 nitrogen and oxygen atoms in total. The molecule has 0 atom stereocenters. The van der Waals surface area contributed by atoms with Crippen molar-refractivity contribution in [2.24, 2.45) is 0 Å². The van der Waals surface area contributed by atoms with Crippen molar-refractivity contribution in [1.82, 2.24) is 0 Å². The van der Waals surface area contributed by atoms with Gasteiger partial charge in [0.15, 0.2) is 5.12 Å². The van der Waals surface area contributed by atoms with E-state index >= 15 is 0 Å². The molecule has 1 aromatic rings. The topological polar surface area (TPSA) is 17.1 Å². The lowest BCUT2D eigenvalue weighted by Gasteiger charge is -1.91. The molecule has 0 amide bonds. The third-order valence-electron chi connectivity index (χ3n) is 1.44. The fraction of sp³-hybridized carbons (Fsp3) is 0.125. The minimum atomic E-state index is 0.258. The van der Waals surface area contributed by atoms with E-state index in [1.807, 2.05) is 23.6 Å². The van der Waals surface area contributed by atoms with Crippen molar-refractivity contribution >= 4 is 33.1 Å². The summed E-state index contributed by atoms with van der Waals surface area (Å²) < 4.78 is 0. The van der Waals surface area contributed by atoms with E-state index in [0.29, 0.717) is 6.42 Å². The number of rotatable bonds is 1. The van der Waals surface area contributed by atoms with Crippen LogP contribution in [0.3, 0.4) is 0 Å². The van der Waals surface area contributed by atoms with Crippen molar-refractivity contribution < 1.29 is 4.79 Å². The zero-order valence-corrected chi connectivity index (χ0v) is 7.37. The molecule has 2 heterocycles. The smallest absolute Gasteiger partial charge is 0.197 e. The van der Waals surface area contributed by atoms with Gasteiger partial charge in [-0.15, -0.1) is 11.3 Å². The molecule has 1 aromatic heterocycles. The number of hydrogen-bond acceptors (Lipinski definition) is 3. The van der Waals surface area contributed by atoms with Gasteiger partial charge in [-0.25, -0.2) is 0 Å². The first-order valence-electron chi connectivity index (χ1n) is 3.31. The van der Waals surface area contributed by atoms with Crippen LogP contribution < -0.4 is 0 Å². The number of thiophene rings is 1. The SMILES string of the molecule is O=C1CC=C(c2cccs2)S1. The first kappa shape index (κ1) is 7.13. The van der Waals surface area contributed by atoms with Crippen LogP contribution in [-0.4, -0.2) is 5.12 Å². The summed E-state index contributed by atoms with van der Waals surface area (Å²) in [6.45, 7) is 0. The molecule has 1 aliphatic heterocycles. The van der Waals surface area contributed by atoms with Gasteiger partial charge in [0.2, 0.25) is 0 Å². The maximum absolute atomic E-state index is 10.9. The zero-order valence-electron chi connectivity index (χ0n) is 5.74. The Morgan fingerprint density at radius 1 is 1.45 bits per heavy atom. The summed E-state index contributed by atoms with van der Waals surface area (Å²) in [6, 6.07) is 4.05. The largest absolute Gasteiger partial charge is 0.286 e. The Morgan fingerprint density at radius 2 is 2.36 bits per heavy atom. The van der Waals surface area contributed by atoms with Crippen LogP contribution in [0.4, 0.5) is 0 Å². The zero-order chi connectivity index (χ0) is 7.68. The van der Waals surface area contributed by atoms with Crippen LogP contribution in [-0.2, 0) is 4.79 Å². The quantitative estimate of drug-likeness (QED) is 0.664. The normalized spacial score (nSPS) is 17.1. The van der Waals surface area contributed by atoms with Gasteiger partial charge in [-0.1, -0.05) is 23.9 Å². The average Bonchev–Trinajstić information content (AvgIpc) is 2.55. The monoisotopic (exact) mass is 182 g/mol. The summed E-state index contributed by atoms with van der Waals surface area (Å²) in [5.74, 6) is 0. The highest BCUT2D eigenvalue weighted by Crippen LogP contribution is 2.36. The van der Waals surface area contributed by atoms with E-state index in [9.17, 15) is 4.79 Å². The van der Waals surface area contributed by atoms with E-state index in [1.54, 1.807) is 11.3 Å². The van der Waals surface area contributed by atoms with E-state index in [0.717, 1.165) is 4.91 Å². The van der Waals surface area contributed by atoms with Gasteiger partial charge >= 0.3 is 0 Å². The fourth-order valence-electron chi connectivity index (χ4n) is 0.952. The van der Waals surface area contributed by atoms with Gasteiger partial charge < -0.3 is 0 Å². The van der Waals surface area contributed by atoms with Gasteiger partial charge in [-0.05, 0) is 11.4 Å². The summed E-state index contributed by atoms with van der Waals surface area (Å²) in [6.07, 6.45) is 2.59. The Labute approximate surface area is 73.1 Å². The van der Waals surface area contributed by atoms with Crippen molar-refractivity contribution in [3.05, 3.63) is 28.5 Å². The molecule has 1 aliphatic rings. The summed E-state index contributed by atoms with van der Waals surface area (Å²) >= 11 is 3.04. The van der Waals surface area contributed by atoms with E-state index in [4.69, 9.17) is 0 Å². The molecular weight excluding hydrogens is 176 g/mol. The number of carbonyl (C=O) groups is 1. The van der Waals surface area contributed by atoms with Gasteiger partial charge in [-0.3, -0.25) is 4.79 Å². The first-order chi connectivity index (χ1) is 5.36. The van der Waals surface area contributed by atoms with E-state index < -0.39 is 0 Å². The van der Waals surface area contributed by atoms with E-state index in [2.05, 4.69) is 0 Å².